The molecule has 152 valence electrons. The molecule has 2 aliphatic rings. The second-order valence-corrected chi connectivity index (χ2v) is 8.36. The lowest BCUT2D eigenvalue weighted by Gasteiger charge is -2.19. The van der Waals surface area contributed by atoms with Crippen molar-refractivity contribution in [1.29, 1.82) is 0 Å². The summed E-state index contributed by atoms with van der Waals surface area (Å²) in [6.45, 7) is 9.49. The minimum Gasteiger partial charge on any atom is -0.459 e. The lowest BCUT2D eigenvalue weighted by molar-refractivity contribution is -0.153. The molecule has 0 N–H and O–H groups in total. The number of hydrogen-bond donors (Lipinski definition) is 0. The molecule has 2 aliphatic heterocycles. The van der Waals surface area contributed by atoms with E-state index in [0.717, 1.165) is 29.5 Å². The largest absolute Gasteiger partial charge is 0.459 e. The summed E-state index contributed by atoms with van der Waals surface area (Å²) in [5, 5.41) is 0. The number of cyclic esters (lactones) is 1. The van der Waals surface area contributed by atoms with Gasteiger partial charge in [-0.05, 0) is 71.1 Å². The van der Waals surface area contributed by atoms with E-state index in [1.165, 1.54) is 6.08 Å². The zero-order valence-corrected chi connectivity index (χ0v) is 17.4. The van der Waals surface area contributed by atoms with E-state index in [2.05, 4.69) is 6.07 Å². The van der Waals surface area contributed by atoms with Gasteiger partial charge in [0.2, 0.25) is 0 Å². The van der Waals surface area contributed by atoms with Gasteiger partial charge in [0.15, 0.2) is 11.6 Å². The Balaban J connectivity index is 1.91. The summed E-state index contributed by atoms with van der Waals surface area (Å²) in [6.07, 6.45) is 4.75. The Morgan fingerprint density at radius 1 is 1.11 bits per heavy atom. The number of esters is 1. The molecule has 3 atom stereocenters. The average molecular weight is 386 g/mol. The van der Waals surface area contributed by atoms with Gasteiger partial charge in [-0.3, -0.25) is 4.79 Å². The van der Waals surface area contributed by atoms with Crippen molar-refractivity contribution in [2.75, 3.05) is 0 Å². The first-order valence-corrected chi connectivity index (χ1v) is 10.0. The van der Waals surface area contributed by atoms with Crippen LogP contribution in [0.3, 0.4) is 0 Å². The second kappa shape index (κ2) is 8.18. The van der Waals surface area contributed by atoms with Crippen molar-refractivity contribution in [3.05, 3.63) is 46.5 Å². The Morgan fingerprint density at radius 2 is 1.86 bits per heavy atom. The third-order valence-corrected chi connectivity index (χ3v) is 5.22. The number of fused-ring (bicyclic) bond motifs is 2. The van der Waals surface area contributed by atoms with E-state index in [-0.39, 0.29) is 24.0 Å². The monoisotopic (exact) mass is 386 g/mol. The van der Waals surface area contributed by atoms with E-state index in [1.807, 2.05) is 40.7 Å². The standard InChI is InChI=1S/C23H30O5/c1-14-12-15(2)20-17(13-14)9-7-11-19-21(28-23(4,5)27-19)18(24)10-6-8-16(3)26-22(20)25/h6,10,12-13,16,19,21H,7-9,11H2,1-5H3/b10-6-/t16?,19-,21?/m0/s1. The Labute approximate surface area is 167 Å². The van der Waals surface area contributed by atoms with Crippen molar-refractivity contribution >= 4 is 11.8 Å². The molecule has 0 aliphatic carbocycles. The van der Waals surface area contributed by atoms with Gasteiger partial charge in [-0.25, -0.2) is 4.79 Å². The van der Waals surface area contributed by atoms with Crippen LogP contribution in [-0.4, -0.2) is 35.9 Å². The van der Waals surface area contributed by atoms with Crippen LogP contribution in [0.1, 0.15) is 67.1 Å². The highest BCUT2D eigenvalue weighted by Gasteiger charge is 2.43. The van der Waals surface area contributed by atoms with E-state index in [4.69, 9.17) is 14.2 Å². The molecule has 1 saturated heterocycles. The third kappa shape index (κ3) is 4.70. The van der Waals surface area contributed by atoms with Crippen LogP contribution in [0.15, 0.2) is 24.3 Å². The highest BCUT2D eigenvalue weighted by atomic mass is 16.8. The van der Waals surface area contributed by atoms with Gasteiger partial charge in [0.1, 0.15) is 12.2 Å². The number of aryl methyl sites for hydroxylation is 3. The topological polar surface area (TPSA) is 61.8 Å². The summed E-state index contributed by atoms with van der Waals surface area (Å²) in [4.78, 5) is 25.4. The molecular formula is C23H30O5. The molecule has 1 aromatic rings. The number of carbonyl (C=O) groups excluding carboxylic acids is 2. The van der Waals surface area contributed by atoms with Gasteiger partial charge in [0.25, 0.3) is 0 Å². The summed E-state index contributed by atoms with van der Waals surface area (Å²) in [6, 6.07) is 4.07. The van der Waals surface area contributed by atoms with Crippen molar-refractivity contribution in [2.24, 2.45) is 0 Å². The fourth-order valence-corrected chi connectivity index (χ4v) is 4.09. The number of ketones is 1. The van der Waals surface area contributed by atoms with Crippen LogP contribution in [0.2, 0.25) is 0 Å². The Hall–Kier alpha value is -1.98. The van der Waals surface area contributed by atoms with Gasteiger partial charge < -0.3 is 14.2 Å². The normalized spacial score (nSPS) is 29.4. The highest BCUT2D eigenvalue weighted by molar-refractivity contribution is 5.94. The van der Waals surface area contributed by atoms with Crippen LogP contribution in [0, 0.1) is 13.8 Å². The maximum absolute atomic E-state index is 12.8. The first-order chi connectivity index (χ1) is 13.2. The number of hydrogen-bond acceptors (Lipinski definition) is 5. The maximum atomic E-state index is 12.8. The fourth-order valence-electron chi connectivity index (χ4n) is 4.09. The summed E-state index contributed by atoms with van der Waals surface area (Å²) in [7, 11) is 0. The van der Waals surface area contributed by atoms with E-state index < -0.39 is 11.9 Å². The number of benzene rings is 1. The predicted molar refractivity (Wildman–Crippen MR) is 106 cm³/mol. The van der Waals surface area contributed by atoms with E-state index in [1.54, 1.807) is 6.08 Å². The minimum atomic E-state index is -0.774. The Morgan fingerprint density at radius 3 is 2.61 bits per heavy atom. The van der Waals surface area contributed by atoms with Crippen LogP contribution >= 0.6 is 0 Å². The number of carbonyl (C=O) groups is 2. The molecule has 0 spiro atoms. The maximum Gasteiger partial charge on any atom is 0.338 e. The minimum absolute atomic E-state index is 0.0988. The molecule has 1 fully saturated rings. The van der Waals surface area contributed by atoms with Crippen molar-refractivity contribution in [1.82, 2.24) is 0 Å². The molecule has 2 heterocycles. The number of ether oxygens (including phenoxy) is 3. The van der Waals surface area contributed by atoms with Gasteiger partial charge in [-0.1, -0.05) is 23.8 Å². The molecule has 2 unspecified atom stereocenters. The summed E-state index contributed by atoms with van der Waals surface area (Å²) in [5.74, 6) is -1.17. The fraction of sp³-hybridized carbons (Fsp3) is 0.565. The molecule has 28 heavy (non-hydrogen) atoms. The summed E-state index contributed by atoms with van der Waals surface area (Å²) < 4.78 is 17.5. The van der Waals surface area contributed by atoms with Crippen LogP contribution in [0.5, 0.6) is 0 Å². The first-order valence-electron chi connectivity index (χ1n) is 10.0. The van der Waals surface area contributed by atoms with E-state index in [0.29, 0.717) is 18.4 Å². The molecule has 0 radical (unpaired) electrons. The van der Waals surface area contributed by atoms with Crippen LogP contribution in [-0.2, 0) is 25.4 Å². The predicted octanol–water partition coefficient (Wildman–Crippen LogP) is 4.22. The van der Waals surface area contributed by atoms with Crippen molar-refractivity contribution in [2.45, 2.75) is 84.4 Å². The Bertz CT molecular complexity index is 792. The van der Waals surface area contributed by atoms with Crippen molar-refractivity contribution in [3.63, 3.8) is 0 Å². The first kappa shape index (κ1) is 20.7. The van der Waals surface area contributed by atoms with Gasteiger partial charge in [0.05, 0.1) is 11.7 Å². The number of rotatable bonds is 0. The van der Waals surface area contributed by atoms with Crippen molar-refractivity contribution in [3.8, 4) is 0 Å². The van der Waals surface area contributed by atoms with Gasteiger partial charge in [-0.2, -0.15) is 0 Å². The molecule has 0 aromatic heterocycles. The van der Waals surface area contributed by atoms with Gasteiger partial charge >= 0.3 is 5.97 Å². The average Bonchev–Trinajstić information content (AvgIpc) is 2.88. The third-order valence-electron chi connectivity index (χ3n) is 5.22. The van der Waals surface area contributed by atoms with E-state index >= 15 is 0 Å². The molecular weight excluding hydrogens is 356 g/mol. The molecule has 3 rings (SSSR count). The molecule has 5 nitrogen and oxygen atoms in total. The summed E-state index contributed by atoms with van der Waals surface area (Å²) in [5.41, 5.74) is 3.71. The van der Waals surface area contributed by atoms with Crippen molar-refractivity contribution < 1.29 is 23.8 Å². The molecule has 0 saturated carbocycles. The molecule has 0 bridgehead atoms. The lowest BCUT2D eigenvalue weighted by atomic mass is 9.93. The quantitative estimate of drug-likeness (QED) is 0.625. The zero-order chi connectivity index (χ0) is 20.5. The van der Waals surface area contributed by atoms with Gasteiger partial charge in [-0.15, -0.1) is 0 Å². The summed E-state index contributed by atoms with van der Waals surface area (Å²) >= 11 is 0. The van der Waals surface area contributed by atoms with Crippen LogP contribution < -0.4 is 0 Å². The Kier molecular flexibility index (Phi) is 6.06. The highest BCUT2D eigenvalue weighted by Crippen LogP contribution is 2.32. The second-order valence-electron chi connectivity index (χ2n) is 8.36. The molecule has 5 heteroatoms. The zero-order valence-electron chi connectivity index (χ0n) is 17.4. The smallest absolute Gasteiger partial charge is 0.338 e. The molecule has 1 aromatic carbocycles. The molecule has 0 amide bonds. The van der Waals surface area contributed by atoms with Gasteiger partial charge in [0, 0.05) is 6.42 Å². The van der Waals surface area contributed by atoms with E-state index in [9.17, 15) is 9.59 Å². The van der Waals surface area contributed by atoms with Crippen LogP contribution in [0.4, 0.5) is 0 Å². The van der Waals surface area contributed by atoms with Crippen LogP contribution in [0.25, 0.3) is 0 Å². The lowest BCUT2D eigenvalue weighted by Crippen LogP contribution is -2.30. The SMILES string of the molecule is Cc1cc(C)c2c(c1)CCC[C@@H]1OC(C)(C)OC1C(=O)/C=C\CC(C)OC2=O.